The predicted molar refractivity (Wildman–Crippen MR) is 85.3 cm³/mol. The monoisotopic (exact) mass is 262 g/mol. The third-order valence-corrected chi connectivity index (χ3v) is 2.97. The molecule has 0 aromatic heterocycles. The van der Waals surface area contributed by atoms with Gasteiger partial charge in [0.2, 0.25) is 0 Å². The molecule has 0 spiro atoms. The quantitative estimate of drug-likeness (QED) is 0.234. The van der Waals surface area contributed by atoms with Crippen LogP contribution in [0, 0.1) is 0 Å². The van der Waals surface area contributed by atoms with Crippen LogP contribution < -0.4 is 0 Å². The van der Waals surface area contributed by atoms with Gasteiger partial charge in [-0.05, 0) is 38.5 Å². The lowest BCUT2D eigenvalue weighted by Gasteiger charge is -1.97. The number of allylic oxidation sites excluding steroid dienone is 6. The van der Waals surface area contributed by atoms with Crippen molar-refractivity contribution in [3.8, 4) is 0 Å². The highest BCUT2D eigenvalue weighted by atomic mass is 16.1. The normalized spacial score (nSPS) is 12.1. The summed E-state index contributed by atoms with van der Waals surface area (Å²) in [7, 11) is 0. The molecule has 0 radical (unpaired) electrons. The van der Waals surface area contributed by atoms with Gasteiger partial charge in [0.05, 0.1) is 0 Å². The Balaban J connectivity index is 3.21. The van der Waals surface area contributed by atoms with Crippen molar-refractivity contribution in [3.63, 3.8) is 0 Å². The van der Waals surface area contributed by atoms with Gasteiger partial charge >= 0.3 is 0 Å². The van der Waals surface area contributed by atoms with E-state index in [1.165, 1.54) is 32.1 Å². The number of rotatable bonds is 13. The highest BCUT2D eigenvalue weighted by molar-refractivity contribution is 5.48. The van der Waals surface area contributed by atoms with E-state index in [0.717, 1.165) is 38.4 Å². The first-order valence-corrected chi connectivity index (χ1v) is 7.80. The lowest BCUT2D eigenvalue weighted by Crippen LogP contribution is -1.80. The van der Waals surface area contributed by atoms with Gasteiger partial charge in [0.1, 0.15) is 6.29 Å². The van der Waals surface area contributed by atoms with Crippen LogP contribution in [0.15, 0.2) is 36.5 Å². The van der Waals surface area contributed by atoms with Crippen LogP contribution in [-0.2, 0) is 4.79 Å². The molecular formula is C18H30O. The maximum atomic E-state index is 10.1. The number of aldehydes is 1. The Morgan fingerprint density at radius 1 is 0.632 bits per heavy atom. The molecule has 0 saturated heterocycles. The van der Waals surface area contributed by atoms with Gasteiger partial charge in [0.25, 0.3) is 0 Å². The molecule has 0 heterocycles. The first-order valence-electron chi connectivity index (χ1n) is 7.80. The van der Waals surface area contributed by atoms with Crippen molar-refractivity contribution < 1.29 is 4.79 Å². The Kier molecular flexibility index (Phi) is 15.9. The van der Waals surface area contributed by atoms with Gasteiger partial charge in [-0.3, -0.25) is 0 Å². The van der Waals surface area contributed by atoms with Crippen LogP contribution in [0.1, 0.15) is 71.1 Å². The van der Waals surface area contributed by atoms with Gasteiger partial charge in [-0.1, -0.05) is 62.6 Å². The zero-order chi connectivity index (χ0) is 14.0. The van der Waals surface area contributed by atoms with E-state index >= 15 is 0 Å². The Labute approximate surface area is 119 Å². The third-order valence-electron chi connectivity index (χ3n) is 2.97. The predicted octanol–water partition coefficient (Wildman–Crippen LogP) is 5.77. The van der Waals surface area contributed by atoms with E-state index in [1.807, 2.05) is 0 Å². The van der Waals surface area contributed by atoms with E-state index in [4.69, 9.17) is 0 Å². The molecular weight excluding hydrogens is 232 g/mol. The fraction of sp³-hybridized carbons (Fsp3) is 0.611. The minimum atomic E-state index is 0.736. The second-order valence-electron chi connectivity index (χ2n) is 4.81. The molecule has 1 nitrogen and oxygen atoms in total. The lowest BCUT2D eigenvalue weighted by atomic mass is 10.1. The number of hydrogen-bond acceptors (Lipinski definition) is 1. The average Bonchev–Trinajstić information content (AvgIpc) is 2.43. The van der Waals surface area contributed by atoms with Crippen molar-refractivity contribution in [3.05, 3.63) is 36.5 Å². The first kappa shape index (κ1) is 17.9. The van der Waals surface area contributed by atoms with Gasteiger partial charge in [-0.15, -0.1) is 0 Å². The van der Waals surface area contributed by atoms with E-state index in [-0.39, 0.29) is 0 Å². The summed E-state index contributed by atoms with van der Waals surface area (Å²) < 4.78 is 0. The fourth-order valence-corrected chi connectivity index (χ4v) is 1.85. The summed E-state index contributed by atoms with van der Waals surface area (Å²) in [5, 5.41) is 0. The van der Waals surface area contributed by atoms with Crippen molar-refractivity contribution >= 4 is 6.29 Å². The molecule has 0 fully saturated rings. The summed E-state index contributed by atoms with van der Waals surface area (Å²) >= 11 is 0. The first-order chi connectivity index (χ1) is 9.41. The number of hydrogen-bond donors (Lipinski definition) is 0. The van der Waals surface area contributed by atoms with Gasteiger partial charge in [0.15, 0.2) is 0 Å². The van der Waals surface area contributed by atoms with E-state index in [1.54, 1.807) is 0 Å². The molecule has 108 valence electrons. The molecule has 0 unspecified atom stereocenters. The maximum Gasteiger partial charge on any atom is 0.119 e. The summed E-state index contributed by atoms with van der Waals surface area (Å²) in [6.07, 6.45) is 25.7. The second-order valence-corrected chi connectivity index (χ2v) is 4.81. The van der Waals surface area contributed by atoms with E-state index in [0.29, 0.717) is 0 Å². The Hall–Kier alpha value is -1.11. The summed E-state index contributed by atoms with van der Waals surface area (Å²) in [4.78, 5) is 10.1. The Bertz CT molecular complexity index is 261. The second kappa shape index (κ2) is 16.9. The molecule has 19 heavy (non-hydrogen) atoms. The third kappa shape index (κ3) is 16.9. The van der Waals surface area contributed by atoms with Crippen molar-refractivity contribution in [2.24, 2.45) is 0 Å². The number of carbonyl (C=O) groups is 1. The fourth-order valence-electron chi connectivity index (χ4n) is 1.85. The molecule has 0 rings (SSSR count). The average molecular weight is 262 g/mol. The van der Waals surface area contributed by atoms with Crippen molar-refractivity contribution in [2.45, 2.75) is 71.1 Å². The Morgan fingerprint density at radius 3 is 1.79 bits per heavy atom. The molecule has 0 aliphatic carbocycles. The van der Waals surface area contributed by atoms with Crippen LogP contribution in [0.5, 0.6) is 0 Å². The molecule has 0 atom stereocenters. The zero-order valence-corrected chi connectivity index (χ0v) is 12.5. The smallest absolute Gasteiger partial charge is 0.119 e. The van der Waals surface area contributed by atoms with Gasteiger partial charge in [0, 0.05) is 6.42 Å². The van der Waals surface area contributed by atoms with Gasteiger partial charge in [-0.2, -0.15) is 0 Å². The van der Waals surface area contributed by atoms with Gasteiger partial charge < -0.3 is 4.79 Å². The molecule has 0 aromatic carbocycles. The summed E-state index contributed by atoms with van der Waals surface area (Å²) in [6, 6.07) is 0. The molecule has 0 aliphatic heterocycles. The van der Waals surface area contributed by atoms with Crippen LogP contribution in [-0.4, -0.2) is 6.29 Å². The SMILES string of the molecule is CCC=CC/C=C\C/C=C\CCCCCCCC=O. The maximum absolute atomic E-state index is 10.1. The van der Waals surface area contributed by atoms with Crippen molar-refractivity contribution in [1.82, 2.24) is 0 Å². The van der Waals surface area contributed by atoms with Crippen LogP contribution in [0.25, 0.3) is 0 Å². The van der Waals surface area contributed by atoms with Crippen LogP contribution in [0.3, 0.4) is 0 Å². The molecule has 0 N–H and O–H groups in total. The molecule has 0 aliphatic rings. The van der Waals surface area contributed by atoms with Crippen LogP contribution in [0.4, 0.5) is 0 Å². The molecule has 0 aromatic rings. The zero-order valence-electron chi connectivity index (χ0n) is 12.5. The summed E-state index contributed by atoms with van der Waals surface area (Å²) in [6.45, 7) is 2.16. The number of carbonyl (C=O) groups excluding carboxylic acids is 1. The summed E-state index contributed by atoms with van der Waals surface area (Å²) in [5.41, 5.74) is 0. The van der Waals surface area contributed by atoms with Crippen LogP contribution >= 0.6 is 0 Å². The minimum Gasteiger partial charge on any atom is -0.303 e. The van der Waals surface area contributed by atoms with E-state index in [2.05, 4.69) is 43.4 Å². The Morgan fingerprint density at radius 2 is 1.16 bits per heavy atom. The molecule has 1 heteroatoms. The standard InChI is InChI=1S/C18H30O/c1-2-3-4-5-6-7-8-9-10-11-12-13-14-15-16-17-18-19/h3-4,6-7,9-10,18H,2,5,8,11-17H2,1H3/b4-3?,7-6-,10-9-. The molecule has 0 bridgehead atoms. The number of unbranched alkanes of at least 4 members (excludes halogenated alkanes) is 6. The highest BCUT2D eigenvalue weighted by Gasteiger charge is 1.89. The van der Waals surface area contributed by atoms with Crippen LogP contribution in [0.2, 0.25) is 0 Å². The van der Waals surface area contributed by atoms with E-state index in [9.17, 15) is 4.79 Å². The molecule has 0 amide bonds. The van der Waals surface area contributed by atoms with Crippen molar-refractivity contribution in [2.75, 3.05) is 0 Å². The molecule has 0 saturated carbocycles. The summed E-state index contributed by atoms with van der Waals surface area (Å²) in [5.74, 6) is 0. The van der Waals surface area contributed by atoms with Crippen molar-refractivity contribution in [1.29, 1.82) is 0 Å². The van der Waals surface area contributed by atoms with Gasteiger partial charge in [-0.25, -0.2) is 0 Å². The lowest BCUT2D eigenvalue weighted by molar-refractivity contribution is -0.107. The minimum absolute atomic E-state index is 0.736. The topological polar surface area (TPSA) is 17.1 Å². The largest absolute Gasteiger partial charge is 0.303 e. The van der Waals surface area contributed by atoms with E-state index < -0.39 is 0 Å². The highest BCUT2D eigenvalue weighted by Crippen LogP contribution is 2.07.